The Morgan fingerprint density at radius 2 is 1.84 bits per heavy atom. The molecular weight excluding hydrogens is 392 g/mol. The molecule has 0 radical (unpaired) electrons. The van der Waals surface area contributed by atoms with Gasteiger partial charge in [-0.15, -0.1) is 0 Å². The predicted octanol–water partition coefficient (Wildman–Crippen LogP) is 5.61. The Labute approximate surface area is 188 Å². The molecule has 1 heterocycles. The van der Waals surface area contributed by atoms with Crippen LogP contribution in [0.3, 0.4) is 0 Å². The van der Waals surface area contributed by atoms with Crippen molar-refractivity contribution in [1.29, 1.82) is 0 Å². The van der Waals surface area contributed by atoms with Crippen molar-refractivity contribution in [2.75, 3.05) is 13.7 Å². The van der Waals surface area contributed by atoms with Crippen LogP contribution in [0.1, 0.15) is 92.9 Å². The third kappa shape index (κ3) is 4.31. The highest BCUT2D eigenvalue weighted by Crippen LogP contribution is 2.66. The summed E-state index contributed by atoms with van der Waals surface area (Å²) < 4.78 is 17.7. The summed E-state index contributed by atoms with van der Waals surface area (Å²) in [6, 6.07) is 0. The fraction of sp³-hybridized carbons (Fsp3) is 0.846. The van der Waals surface area contributed by atoms with E-state index in [2.05, 4.69) is 33.8 Å². The average Bonchev–Trinajstić information content (AvgIpc) is 3.03. The van der Waals surface area contributed by atoms with Gasteiger partial charge in [0, 0.05) is 17.3 Å². The van der Waals surface area contributed by atoms with Crippen LogP contribution in [0.25, 0.3) is 0 Å². The van der Waals surface area contributed by atoms with Crippen LogP contribution in [0, 0.1) is 22.7 Å². The highest BCUT2D eigenvalue weighted by atomic mass is 16.5. The molecule has 0 bridgehead atoms. The van der Waals surface area contributed by atoms with Crippen LogP contribution in [0.15, 0.2) is 11.6 Å². The lowest BCUT2D eigenvalue weighted by atomic mass is 9.46. The Kier molecular flexibility index (Phi) is 6.68. The van der Waals surface area contributed by atoms with E-state index in [0.29, 0.717) is 24.9 Å². The van der Waals surface area contributed by atoms with Gasteiger partial charge in [-0.05, 0) is 63.4 Å². The number of methoxy groups -OCH3 is 1. The van der Waals surface area contributed by atoms with Crippen molar-refractivity contribution in [3.8, 4) is 0 Å². The Balaban J connectivity index is 1.87. The molecule has 0 amide bonds. The molecule has 1 aliphatic heterocycles. The number of carbonyl (C=O) groups excluding carboxylic acids is 2. The Hall–Kier alpha value is -1.36. The molecule has 5 nitrogen and oxygen atoms in total. The number of fused-ring (bicyclic) bond motifs is 2. The Morgan fingerprint density at radius 3 is 2.48 bits per heavy atom. The molecule has 3 rings (SSSR count). The minimum Gasteiger partial charge on any atom is -0.469 e. The average molecular weight is 435 g/mol. The number of ether oxygens (including phenoxy) is 3. The monoisotopic (exact) mass is 434 g/mol. The van der Waals surface area contributed by atoms with Gasteiger partial charge in [-0.3, -0.25) is 9.59 Å². The second kappa shape index (κ2) is 8.53. The molecule has 0 aromatic carbocycles. The van der Waals surface area contributed by atoms with Crippen molar-refractivity contribution in [3.05, 3.63) is 11.6 Å². The maximum Gasteiger partial charge on any atom is 0.308 e. The summed E-state index contributed by atoms with van der Waals surface area (Å²) in [4.78, 5) is 24.3. The van der Waals surface area contributed by atoms with E-state index in [1.807, 2.05) is 13.8 Å². The second-order valence-corrected chi connectivity index (χ2v) is 11.5. The van der Waals surface area contributed by atoms with E-state index >= 15 is 0 Å². The fourth-order valence-electron chi connectivity index (χ4n) is 6.87. The summed E-state index contributed by atoms with van der Waals surface area (Å²) in [5.41, 5.74) is 0.277. The van der Waals surface area contributed by atoms with E-state index in [1.54, 1.807) is 0 Å². The quantitative estimate of drug-likeness (QED) is 0.402. The molecule has 1 saturated heterocycles. The number of hydrogen-bond donors (Lipinski definition) is 0. The van der Waals surface area contributed by atoms with Crippen molar-refractivity contribution in [2.24, 2.45) is 22.7 Å². The topological polar surface area (TPSA) is 61.8 Å². The highest BCUT2D eigenvalue weighted by Gasteiger charge is 2.65. The van der Waals surface area contributed by atoms with Gasteiger partial charge in [0.1, 0.15) is 0 Å². The summed E-state index contributed by atoms with van der Waals surface area (Å²) in [5, 5.41) is 0. The standard InChI is InChI=1S/C26H42O5/c1-18(2)15-21(27)30-17-23(4)11-8-12-25(6)20(23)10-9-19(3)26(25)14-13-24(5,31-26)16-22(28)29-7/h9,18,20H,8,10-17H2,1-7H3/t20-,23-,24-,25-,26+/m0/s1. The highest BCUT2D eigenvalue weighted by molar-refractivity contribution is 5.70. The van der Waals surface area contributed by atoms with Crippen molar-refractivity contribution in [1.82, 2.24) is 0 Å². The lowest BCUT2D eigenvalue weighted by Gasteiger charge is -2.61. The normalized spacial score (nSPS) is 39.9. The molecular formula is C26H42O5. The fourth-order valence-corrected chi connectivity index (χ4v) is 6.87. The predicted molar refractivity (Wildman–Crippen MR) is 120 cm³/mol. The Morgan fingerprint density at radius 1 is 1.13 bits per heavy atom. The van der Waals surface area contributed by atoms with Gasteiger partial charge >= 0.3 is 11.9 Å². The van der Waals surface area contributed by atoms with Crippen molar-refractivity contribution < 1.29 is 23.8 Å². The van der Waals surface area contributed by atoms with E-state index in [1.165, 1.54) is 12.7 Å². The number of esters is 2. The van der Waals surface area contributed by atoms with Gasteiger partial charge in [0.2, 0.25) is 0 Å². The first-order chi connectivity index (χ1) is 14.4. The summed E-state index contributed by atoms with van der Waals surface area (Å²) in [6.45, 7) is 13.5. The van der Waals surface area contributed by atoms with Crippen LogP contribution in [-0.2, 0) is 23.8 Å². The number of allylic oxidation sites excluding steroid dienone is 1. The van der Waals surface area contributed by atoms with Gasteiger partial charge in [0.25, 0.3) is 0 Å². The maximum atomic E-state index is 12.3. The lowest BCUT2D eigenvalue weighted by Crippen LogP contribution is -2.60. The first kappa shape index (κ1) is 24.3. The zero-order chi connectivity index (χ0) is 23.1. The van der Waals surface area contributed by atoms with Gasteiger partial charge in [-0.1, -0.05) is 40.2 Å². The second-order valence-electron chi connectivity index (χ2n) is 11.5. The third-order valence-electron chi connectivity index (χ3n) is 8.58. The number of carbonyl (C=O) groups is 2. The molecule has 0 aromatic heterocycles. The van der Waals surface area contributed by atoms with Gasteiger partial charge in [-0.2, -0.15) is 0 Å². The number of rotatable bonds is 6. The van der Waals surface area contributed by atoms with Gasteiger partial charge in [0.05, 0.1) is 31.3 Å². The smallest absolute Gasteiger partial charge is 0.308 e. The molecule has 3 aliphatic rings. The molecule has 5 heteroatoms. The van der Waals surface area contributed by atoms with Crippen molar-refractivity contribution >= 4 is 11.9 Å². The largest absolute Gasteiger partial charge is 0.469 e. The molecule has 176 valence electrons. The van der Waals surface area contributed by atoms with Crippen molar-refractivity contribution in [2.45, 2.75) is 104 Å². The summed E-state index contributed by atoms with van der Waals surface area (Å²) in [7, 11) is 1.44. The molecule has 1 saturated carbocycles. The molecule has 5 atom stereocenters. The zero-order valence-corrected chi connectivity index (χ0v) is 20.6. The first-order valence-corrected chi connectivity index (χ1v) is 12.0. The van der Waals surface area contributed by atoms with Gasteiger partial charge < -0.3 is 14.2 Å². The van der Waals surface area contributed by atoms with E-state index in [4.69, 9.17) is 14.2 Å². The molecule has 0 N–H and O–H groups in total. The first-order valence-electron chi connectivity index (χ1n) is 12.0. The van der Waals surface area contributed by atoms with Crippen LogP contribution >= 0.6 is 0 Å². The lowest BCUT2D eigenvalue weighted by molar-refractivity contribution is -0.202. The third-order valence-corrected chi connectivity index (χ3v) is 8.58. The molecule has 2 aliphatic carbocycles. The van der Waals surface area contributed by atoms with Crippen LogP contribution in [-0.4, -0.2) is 36.9 Å². The van der Waals surface area contributed by atoms with Gasteiger partial charge in [0.15, 0.2) is 0 Å². The van der Waals surface area contributed by atoms with E-state index in [0.717, 1.165) is 38.5 Å². The minimum absolute atomic E-state index is 0.0584. The maximum absolute atomic E-state index is 12.3. The summed E-state index contributed by atoms with van der Waals surface area (Å²) in [6.07, 6.45) is 9.08. The molecule has 0 unspecified atom stereocenters. The van der Waals surface area contributed by atoms with Crippen LogP contribution < -0.4 is 0 Å². The summed E-state index contributed by atoms with van der Waals surface area (Å²) in [5.74, 6) is 0.359. The van der Waals surface area contributed by atoms with E-state index in [-0.39, 0.29) is 34.8 Å². The zero-order valence-electron chi connectivity index (χ0n) is 20.6. The van der Waals surface area contributed by atoms with Crippen LogP contribution in [0.2, 0.25) is 0 Å². The minimum atomic E-state index is -0.509. The van der Waals surface area contributed by atoms with E-state index < -0.39 is 5.60 Å². The van der Waals surface area contributed by atoms with Crippen LogP contribution in [0.5, 0.6) is 0 Å². The van der Waals surface area contributed by atoms with Crippen LogP contribution in [0.4, 0.5) is 0 Å². The Bertz CT molecular complexity index is 742. The molecule has 31 heavy (non-hydrogen) atoms. The number of hydrogen-bond acceptors (Lipinski definition) is 5. The molecule has 0 aromatic rings. The van der Waals surface area contributed by atoms with Gasteiger partial charge in [-0.25, -0.2) is 0 Å². The van der Waals surface area contributed by atoms with E-state index in [9.17, 15) is 9.59 Å². The summed E-state index contributed by atoms with van der Waals surface area (Å²) >= 11 is 0. The SMILES string of the molecule is COC(=O)C[C@]1(C)CC[C@@]2(O1)C(C)=CC[C@H]1[C@](C)(COC(=O)CC(C)C)CCC[C@@]12C. The van der Waals surface area contributed by atoms with Crippen molar-refractivity contribution in [3.63, 3.8) is 0 Å². The molecule has 1 spiro atoms. The molecule has 2 fully saturated rings.